The SMILES string of the molecule is Cc1cc(N2CC(=O)CC2=O)ncc1[N+](=O)[O-]. The second-order valence-corrected chi connectivity index (χ2v) is 3.78. The number of hydrogen-bond donors (Lipinski definition) is 0. The van der Waals surface area contributed by atoms with Crippen LogP contribution in [0.2, 0.25) is 0 Å². The van der Waals surface area contributed by atoms with Crippen LogP contribution in [0.25, 0.3) is 0 Å². The van der Waals surface area contributed by atoms with Crippen LogP contribution in [0.3, 0.4) is 0 Å². The van der Waals surface area contributed by atoms with Crippen LogP contribution in [0.4, 0.5) is 11.5 Å². The molecule has 1 aromatic rings. The second-order valence-electron chi connectivity index (χ2n) is 3.78. The summed E-state index contributed by atoms with van der Waals surface area (Å²) in [6, 6.07) is 1.44. The zero-order valence-corrected chi connectivity index (χ0v) is 9.04. The van der Waals surface area contributed by atoms with Crippen molar-refractivity contribution >= 4 is 23.2 Å². The largest absolute Gasteiger partial charge is 0.297 e. The molecule has 2 rings (SSSR count). The third kappa shape index (κ3) is 1.99. The fraction of sp³-hybridized carbons (Fsp3) is 0.300. The number of Topliss-reactive ketones (excluding diaryl/α,β-unsaturated/α-hetero) is 1. The minimum Gasteiger partial charge on any atom is -0.297 e. The van der Waals surface area contributed by atoms with E-state index in [-0.39, 0.29) is 36.2 Å². The summed E-state index contributed by atoms with van der Waals surface area (Å²) in [4.78, 5) is 37.7. The molecule has 0 radical (unpaired) electrons. The summed E-state index contributed by atoms with van der Waals surface area (Å²) in [5.41, 5.74) is 0.305. The van der Waals surface area contributed by atoms with Crippen LogP contribution in [0.15, 0.2) is 12.3 Å². The van der Waals surface area contributed by atoms with E-state index in [0.29, 0.717) is 5.56 Å². The minimum atomic E-state index is -0.539. The molecule has 1 fully saturated rings. The Morgan fingerprint density at radius 1 is 1.47 bits per heavy atom. The average molecular weight is 235 g/mol. The number of ketones is 1. The number of carbonyl (C=O) groups excluding carboxylic acids is 2. The van der Waals surface area contributed by atoms with Crippen molar-refractivity contribution in [3.8, 4) is 0 Å². The van der Waals surface area contributed by atoms with E-state index in [1.165, 1.54) is 11.0 Å². The van der Waals surface area contributed by atoms with Crippen molar-refractivity contribution in [2.24, 2.45) is 0 Å². The number of aromatic nitrogens is 1. The Morgan fingerprint density at radius 3 is 2.65 bits per heavy atom. The molecule has 0 bridgehead atoms. The van der Waals surface area contributed by atoms with Crippen LogP contribution >= 0.6 is 0 Å². The van der Waals surface area contributed by atoms with Gasteiger partial charge in [0.05, 0.1) is 17.9 Å². The highest BCUT2D eigenvalue weighted by molar-refractivity contribution is 6.14. The quantitative estimate of drug-likeness (QED) is 0.425. The van der Waals surface area contributed by atoms with Crippen LogP contribution in [-0.4, -0.2) is 28.1 Å². The molecule has 0 atom stereocenters. The molecule has 88 valence electrons. The third-order valence-corrected chi connectivity index (χ3v) is 2.53. The molecule has 0 aromatic carbocycles. The molecule has 1 aromatic heterocycles. The molecule has 7 nitrogen and oxygen atoms in total. The van der Waals surface area contributed by atoms with Crippen LogP contribution in [0.5, 0.6) is 0 Å². The van der Waals surface area contributed by atoms with Crippen molar-refractivity contribution in [2.75, 3.05) is 11.4 Å². The number of aryl methyl sites for hydroxylation is 1. The van der Waals surface area contributed by atoms with E-state index in [2.05, 4.69) is 4.98 Å². The number of anilines is 1. The molecule has 0 aliphatic carbocycles. The molecule has 0 spiro atoms. The number of rotatable bonds is 2. The molecule has 1 aliphatic rings. The van der Waals surface area contributed by atoms with Crippen LogP contribution in [0, 0.1) is 17.0 Å². The first-order valence-electron chi connectivity index (χ1n) is 4.92. The minimum absolute atomic E-state index is 0.0108. The highest BCUT2D eigenvalue weighted by atomic mass is 16.6. The van der Waals surface area contributed by atoms with Crippen molar-refractivity contribution < 1.29 is 14.5 Å². The summed E-state index contributed by atoms with van der Waals surface area (Å²) in [7, 11) is 0. The lowest BCUT2D eigenvalue weighted by Crippen LogP contribution is -2.25. The van der Waals surface area contributed by atoms with Crippen LogP contribution in [0.1, 0.15) is 12.0 Å². The summed E-state index contributed by atoms with van der Waals surface area (Å²) in [6.07, 6.45) is 0.971. The fourth-order valence-electron chi connectivity index (χ4n) is 1.67. The van der Waals surface area contributed by atoms with Gasteiger partial charge in [0.1, 0.15) is 12.0 Å². The topological polar surface area (TPSA) is 93.4 Å². The Hall–Kier alpha value is -2.31. The van der Waals surface area contributed by atoms with E-state index < -0.39 is 4.92 Å². The monoisotopic (exact) mass is 235 g/mol. The summed E-state index contributed by atoms with van der Waals surface area (Å²) >= 11 is 0. The molecule has 7 heteroatoms. The van der Waals surface area contributed by atoms with Gasteiger partial charge in [-0.25, -0.2) is 4.98 Å². The first-order valence-corrected chi connectivity index (χ1v) is 4.92. The highest BCUT2D eigenvalue weighted by Gasteiger charge is 2.30. The number of nitrogens with zero attached hydrogens (tertiary/aromatic N) is 3. The maximum atomic E-state index is 11.4. The molecular formula is C10H9N3O4. The number of nitro groups is 1. The number of amides is 1. The highest BCUT2D eigenvalue weighted by Crippen LogP contribution is 2.23. The van der Waals surface area contributed by atoms with E-state index in [1.54, 1.807) is 6.92 Å². The van der Waals surface area contributed by atoms with Crippen molar-refractivity contribution in [2.45, 2.75) is 13.3 Å². The fourth-order valence-corrected chi connectivity index (χ4v) is 1.67. The summed E-state index contributed by atoms with van der Waals surface area (Å²) in [5, 5.41) is 10.6. The van der Waals surface area contributed by atoms with Crippen LogP contribution in [-0.2, 0) is 9.59 Å². The Bertz CT molecular complexity index is 526. The lowest BCUT2D eigenvalue weighted by molar-refractivity contribution is -0.385. The maximum Gasteiger partial charge on any atom is 0.290 e. The van der Waals surface area contributed by atoms with Gasteiger partial charge in [-0.1, -0.05) is 0 Å². The summed E-state index contributed by atoms with van der Waals surface area (Å²) < 4.78 is 0. The third-order valence-electron chi connectivity index (χ3n) is 2.53. The van der Waals surface area contributed by atoms with E-state index in [9.17, 15) is 19.7 Å². The Labute approximate surface area is 96.2 Å². The lowest BCUT2D eigenvalue weighted by Gasteiger charge is -2.13. The van der Waals surface area contributed by atoms with Gasteiger partial charge in [-0.05, 0) is 13.0 Å². The predicted octanol–water partition coefficient (Wildman–Crippen LogP) is 0.604. The first kappa shape index (κ1) is 11.2. The molecule has 1 amide bonds. The Kier molecular flexibility index (Phi) is 2.58. The number of pyridine rings is 1. The lowest BCUT2D eigenvalue weighted by atomic mass is 10.2. The summed E-state index contributed by atoms with van der Waals surface area (Å²) in [5.74, 6) is -0.215. The zero-order chi connectivity index (χ0) is 12.6. The molecule has 1 aliphatic heterocycles. The number of hydrogen-bond acceptors (Lipinski definition) is 5. The van der Waals surface area contributed by atoms with Gasteiger partial charge in [0.25, 0.3) is 5.69 Å². The van der Waals surface area contributed by atoms with Crippen molar-refractivity contribution in [1.29, 1.82) is 0 Å². The standard InChI is InChI=1S/C10H9N3O4/c1-6-2-9(11-4-8(6)13(16)17)12-5-7(14)3-10(12)15/h2,4H,3,5H2,1H3. The van der Waals surface area contributed by atoms with Gasteiger partial charge < -0.3 is 0 Å². The van der Waals surface area contributed by atoms with Gasteiger partial charge in [-0.2, -0.15) is 0 Å². The molecule has 1 saturated heterocycles. The van der Waals surface area contributed by atoms with Gasteiger partial charge in [0.15, 0.2) is 5.78 Å². The average Bonchev–Trinajstić information content (AvgIpc) is 2.57. The van der Waals surface area contributed by atoms with Crippen LogP contribution < -0.4 is 4.90 Å². The van der Waals surface area contributed by atoms with Gasteiger partial charge >= 0.3 is 0 Å². The van der Waals surface area contributed by atoms with E-state index in [0.717, 1.165) is 6.20 Å². The van der Waals surface area contributed by atoms with Gasteiger partial charge in [0, 0.05) is 5.56 Å². The van der Waals surface area contributed by atoms with E-state index in [1.807, 2.05) is 0 Å². The summed E-state index contributed by atoms with van der Waals surface area (Å²) in [6.45, 7) is 1.55. The molecular weight excluding hydrogens is 226 g/mol. The second kappa shape index (κ2) is 3.93. The Morgan fingerprint density at radius 2 is 2.18 bits per heavy atom. The van der Waals surface area contributed by atoms with Gasteiger partial charge in [0.2, 0.25) is 5.91 Å². The van der Waals surface area contributed by atoms with Gasteiger partial charge in [-0.3, -0.25) is 24.6 Å². The first-order chi connectivity index (χ1) is 7.99. The zero-order valence-electron chi connectivity index (χ0n) is 9.04. The molecule has 17 heavy (non-hydrogen) atoms. The molecule has 0 N–H and O–H groups in total. The Balaban J connectivity index is 2.35. The smallest absolute Gasteiger partial charge is 0.290 e. The van der Waals surface area contributed by atoms with Crippen molar-refractivity contribution in [1.82, 2.24) is 4.98 Å². The van der Waals surface area contributed by atoms with Crippen molar-refractivity contribution in [3.05, 3.63) is 27.9 Å². The van der Waals surface area contributed by atoms with Crippen molar-refractivity contribution in [3.63, 3.8) is 0 Å². The molecule has 0 unspecified atom stereocenters. The normalized spacial score (nSPS) is 15.5. The van der Waals surface area contributed by atoms with E-state index in [4.69, 9.17) is 0 Å². The molecule has 2 heterocycles. The molecule has 0 saturated carbocycles. The maximum absolute atomic E-state index is 11.4. The number of carbonyl (C=O) groups is 2. The van der Waals surface area contributed by atoms with Gasteiger partial charge in [-0.15, -0.1) is 0 Å². The van der Waals surface area contributed by atoms with E-state index >= 15 is 0 Å². The predicted molar refractivity (Wildman–Crippen MR) is 57.6 cm³/mol.